The maximum atomic E-state index is 11.8. The molecule has 0 saturated heterocycles. The summed E-state index contributed by atoms with van der Waals surface area (Å²) in [4.78, 5) is 0. The number of benzene rings is 2. The van der Waals surface area contributed by atoms with Gasteiger partial charge in [-0.1, -0.05) is 35.9 Å². The van der Waals surface area contributed by atoms with Crippen molar-refractivity contribution in [2.45, 2.75) is 0 Å². The van der Waals surface area contributed by atoms with E-state index in [9.17, 15) is 8.42 Å². The van der Waals surface area contributed by atoms with Gasteiger partial charge in [0.15, 0.2) is 0 Å². The maximum absolute atomic E-state index is 11.8. The molecule has 0 radical (unpaired) electrons. The monoisotopic (exact) mass is 361 g/mol. The predicted octanol–water partition coefficient (Wildman–Crippen LogP) is 3.28. The largest absolute Gasteiger partial charge is 0.474 e. The highest BCUT2D eigenvalue weighted by atomic mass is 35.5. The van der Waals surface area contributed by atoms with Crippen LogP contribution in [-0.2, 0) is 10.0 Å². The zero-order valence-electron chi connectivity index (χ0n) is 12.3. The van der Waals surface area contributed by atoms with Crippen LogP contribution in [0.25, 0.3) is 16.8 Å². The number of sulfonamides is 1. The zero-order valence-corrected chi connectivity index (χ0v) is 13.9. The number of para-hydroxylation sites is 1. The van der Waals surface area contributed by atoms with E-state index in [1.807, 2.05) is 36.4 Å². The lowest BCUT2D eigenvalue weighted by molar-refractivity contribution is 0.374. The second-order valence-electron chi connectivity index (χ2n) is 5.31. The first-order valence-electron chi connectivity index (χ1n) is 7.09. The molecule has 0 atom stereocenters. The Morgan fingerprint density at radius 3 is 2.67 bits per heavy atom. The Morgan fingerprint density at radius 2 is 1.96 bits per heavy atom. The number of nitrogens with zero attached hydrogens (tertiary/aromatic N) is 2. The summed E-state index contributed by atoms with van der Waals surface area (Å²) in [5.41, 5.74) is 2.92. The van der Waals surface area contributed by atoms with Crippen molar-refractivity contribution in [3.8, 4) is 22.6 Å². The lowest BCUT2D eigenvalue weighted by Crippen LogP contribution is -2.25. The third-order valence-corrected chi connectivity index (χ3v) is 4.79. The Labute approximate surface area is 143 Å². The van der Waals surface area contributed by atoms with Crippen LogP contribution in [0.4, 0.5) is 5.69 Å². The van der Waals surface area contributed by atoms with E-state index in [1.54, 1.807) is 23.1 Å². The van der Waals surface area contributed by atoms with Crippen LogP contribution >= 0.6 is 11.6 Å². The van der Waals surface area contributed by atoms with Gasteiger partial charge in [-0.05, 0) is 23.8 Å². The van der Waals surface area contributed by atoms with Crippen molar-refractivity contribution in [1.29, 1.82) is 0 Å². The van der Waals surface area contributed by atoms with Gasteiger partial charge in [0, 0.05) is 11.8 Å². The van der Waals surface area contributed by atoms with Gasteiger partial charge in [0.25, 0.3) is 10.0 Å². The second-order valence-corrected chi connectivity index (χ2v) is 7.41. The highest BCUT2D eigenvalue weighted by Crippen LogP contribution is 2.39. The Hall–Kier alpha value is -2.51. The molecule has 0 fully saturated rings. The van der Waals surface area contributed by atoms with Crippen molar-refractivity contribution in [3.63, 3.8) is 0 Å². The van der Waals surface area contributed by atoms with Crippen LogP contribution in [0.2, 0.25) is 5.02 Å². The average Bonchev–Trinajstić information content (AvgIpc) is 3.00. The number of rotatable bonds is 2. The second kappa shape index (κ2) is 5.54. The first kappa shape index (κ1) is 15.0. The standard InChI is InChI=1S/C16H12ClN3O3S/c17-12-8-18-20(9-12)13-6-4-11(5-7-13)14-2-1-3-15-16(14)19-24(21,22)10-23-15/h1-9,19H,10H2. The summed E-state index contributed by atoms with van der Waals surface area (Å²) in [6.45, 7) is 0. The van der Waals surface area contributed by atoms with Crippen LogP contribution in [-0.4, -0.2) is 24.1 Å². The molecule has 1 aliphatic rings. The minimum absolute atomic E-state index is 0.373. The number of ether oxygens (including phenoxy) is 1. The molecule has 2 aromatic carbocycles. The molecule has 3 aromatic rings. The van der Waals surface area contributed by atoms with Crippen molar-refractivity contribution in [1.82, 2.24) is 9.78 Å². The fourth-order valence-corrected chi connectivity index (χ4v) is 3.56. The Kier molecular flexibility index (Phi) is 3.47. The van der Waals surface area contributed by atoms with Gasteiger partial charge in [-0.2, -0.15) is 5.10 Å². The van der Waals surface area contributed by atoms with Crippen LogP contribution in [0, 0.1) is 0 Å². The molecule has 4 rings (SSSR count). The van der Waals surface area contributed by atoms with E-state index in [4.69, 9.17) is 16.3 Å². The van der Waals surface area contributed by atoms with Crippen LogP contribution in [0.1, 0.15) is 0 Å². The summed E-state index contributed by atoms with van der Waals surface area (Å²) in [6.07, 6.45) is 3.28. The fourth-order valence-electron chi connectivity index (χ4n) is 2.56. The number of halogens is 1. The van der Waals surface area contributed by atoms with Gasteiger partial charge in [-0.15, -0.1) is 0 Å². The summed E-state index contributed by atoms with van der Waals surface area (Å²) < 4.78 is 33.1. The SMILES string of the molecule is O=S1(=O)COc2cccc(-c3ccc(-n4cc(Cl)cn4)cc3)c2N1. The van der Waals surface area contributed by atoms with E-state index in [-0.39, 0.29) is 5.94 Å². The van der Waals surface area contributed by atoms with Crippen molar-refractivity contribution >= 4 is 27.3 Å². The number of anilines is 1. The summed E-state index contributed by atoms with van der Waals surface area (Å²) in [7, 11) is -3.48. The zero-order chi connectivity index (χ0) is 16.7. The molecule has 122 valence electrons. The van der Waals surface area contributed by atoms with Crippen LogP contribution in [0.5, 0.6) is 5.75 Å². The average molecular weight is 362 g/mol. The summed E-state index contributed by atoms with van der Waals surface area (Å²) in [5.74, 6) is 0.146. The molecule has 0 bridgehead atoms. The first-order chi connectivity index (χ1) is 11.5. The summed E-state index contributed by atoms with van der Waals surface area (Å²) in [5, 5.41) is 4.71. The molecule has 0 unspecified atom stereocenters. The van der Waals surface area contributed by atoms with Gasteiger partial charge < -0.3 is 4.74 Å². The smallest absolute Gasteiger partial charge is 0.268 e. The summed E-state index contributed by atoms with van der Waals surface area (Å²) >= 11 is 5.88. The molecule has 8 heteroatoms. The molecule has 0 spiro atoms. The fraction of sp³-hybridized carbons (Fsp3) is 0.0625. The topological polar surface area (TPSA) is 73.2 Å². The lowest BCUT2D eigenvalue weighted by atomic mass is 10.0. The van der Waals surface area contributed by atoms with E-state index < -0.39 is 10.0 Å². The predicted molar refractivity (Wildman–Crippen MR) is 92.0 cm³/mol. The lowest BCUT2D eigenvalue weighted by Gasteiger charge is -2.22. The Morgan fingerprint density at radius 1 is 1.17 bits per heavy atom. The summed E-state index contributed by atoms with van der Waals surface area (Å²) in [6, 6.07) is 13.0. The molecule has 24 heavy (non-hydrogen) atoms. The van der Waals surface area contributed by atoms with E-state index in [1.165, 1.54) is 0 Å². The van der Waals surface area contributed by atoms with Crippen LogP contribution in [0.15, 0.2) is 54.9 Å². The molecular weight excluding hydrogens is 350 g/mol. The molecule has 6 nitrogen and oxygen atoms in total. The van der Waals surface area contributed by atoms with E-state index in [2.05, 4.69) is 9.82 Å². The van der Waals surface area contributed by atoms with Crippen molar-refractivity contribution < 1.29 is 13.2 Å². The van der Waals surface area contributed by atoms with Gasteiger partial charge >= 0.3 is 0 Å². The number of fused-ring (bicyclic) bond motifs is 1. The molecule has 0 amide bonds. The highest BCUT2D eigenvalue weighted by Gasteiger charge is 2.24. The third kappa shape index (κ3) is 2.72. The van der Waals surface area contributed by atoms with Crippen molar-refractivity contribution in [2.75, 3.05) is 10.7 Å². The van der Waals surface area contributed by atoms with Gasteiger partial charge in [0.1, 0.15) is 5.75 Å². The number of hydrogen-bond acceptors (Lipinski definition) is 4. The molecule has 1 aliphatic heterocycles. The quantitative estimate of drug-likeness (QED) is 0.760. The van der Waals surface area contributed by atoms with E-state index >= 15 is 0 Å². The third-order valence-electron chi connectivity index (χ3n) is 3.65. The minimum Gasteiger partial charge on any atom is -0.474 e. The Balaban J connectivity index is 1.75. The normalized spacial score (nSPS) is 15.2. The van der Waals surface area contributed by atoms with Gasteiger partial charge in [-0.25, -0.2) is 13.1 Å². The van der Waals surface area contributed by atoms with Gasteiger partial charge in [-0.3, -0.25) is 4.72 Å². The van der Waals surface area contributed by atoms with E-state index in [0.717, 1.165) is 16.8 Å². The van der Waals surface area contributed by atoms with Crippen LogP contribution < -0.4 is 9.46 Å². The molecule has 1 aromatic heterocycles. The molecular formula is C16H12ClN3O3S. The molecule has 0 aliphatic carbocycles. The number of hydrogen-bond donors (Lipinski definition) is 1. The molecule has 1 N–H and O–H groups in total. The number of aromatic nitrogens is 2. The maximum Gasteiger partial charge on any atom is 0.268 e. The molecule has 0 saturated carbocycles. The van der Waals surface area contributed by atoms with E-state index in [0.29, 0.717) is 16.5 Å². The van der Waals surface area contributed by atoms with Crippen molar-refractivity contribution in [3.05, 3.63) is 59.9 Å². The van der Waals surface area contributed by atoms with Crippen LogP contribution in [0.3, 0.4) is 0 Å². The highest BCUT2D eigenvalue weighted by molar-refractivity contribution is 7.92. The first-order valence-corrected chi connectivity index (χ1v) is 9.12. The Bertz CT molecular complexity index is 1010. The minimum atomic E-state index is -3.48. The molecule has 2 heterocycles. The van der Waals surface area contributed by atoms with Crippen molar-refractivity contribution in [2.24, 2.45) is 0 Å². The van der Waals surface area contributed by atoms with Gasteiger partial charge in [0.05, 0.1) is 22.6 Å². The van der Waals surface area contributed by atoms with Gasteiger partial charge in [0.2, 0.25) is 5.94 Å². The number of nitrogens with one attached hydrogen (secondary N) is 1.